The van der Waals surface area contributed by atoms with Crippen LogP contribution in [0, 0.1) is 10.1 Å². The first-order valence-electron chi connectivity index (χ1n) is 6.97. The molecule has 2 rings (SSSR count). The van der Waals surface area contributed by atoms with Gasteiger partial charge in [0.25, 0.3) is 5.69 Å². The quantitative estimate of drug-likeness (QED) is 0.551. The van der Waals surface area contributed by atoms with E-state index in [1.54, 1.807) is 19.1 Å². The van der Waals surface area contributed by atoms with Crippen molar-refractivity contribution in [2.75, 3.05) is 6.54 Å². The number of carbonyl (C=O) groups is 1. The summed E-state index contributed by atoms with van der Waals surface area (Å²) >= 11 is 5.65. The van der Waals surface area contributed by atoms with Crippen LogP contribution in [0.25, 0.3) is 0 Å². The highest BCUT2D eigenvalue weighted by Gasteiger charge is 2.21. The molecule has 0 bridgehead atoms. The average molecular weight is 388 g/mol. The number of hydrogen-bond acceptors (Lipinski definition) is 6. The maximum atomic E-state index is 12.2. The number of halogens is 1. The molecule has 0 saturated heterocycles. The standard InChI is InChI=1S/C14H14ClN3O6S/c1-9(13-3-2-6-24-13)17-14(19)8-16-25(22,23)10-4-5-11(15)12(7-10)18(20)21/h2-7,9,16H,8H2,1H3,(H,17,19)/t9-/m1/s1. The molecule has 2 aromatic rings. The largest absolute Gasteiger partial charge is 0.467 e. The number of carbonyl (C=O) groups excluding carboxylic acids is 1. The van der Waals surface area contributed by atoms with Crippen LogP contribution in [-0.2, 0) is 14.8 Å². The van der Waals surface area contributed by atoms with Crippen molar-refractivity contribution in [3.05, 3.63) is 57.5 Å². The normalized spacial score (nSPS) is 12.6. The molecule has 0 saturated carbocycles. The molecule has 1 aromatic carbocycles. The third-order valence-electron chi connectivity index (χ3n) is 3.19. The molecule has 1 aromatic heterocycles. The molecular weight excluding hydrogens is 374 g/mol. The highest BCUT2D eigenvalue weighted by molar-refractivity contribution is 7.89. The fourth-order valence-corrected chi connectivity index (χ4v) is 3.13. The molecule has 1 atom stereocenters. The number of amides is 1. The summed E-state index contributed by atoms with van der Waals surface area (Å²) in [6.45, 7) is 1.14. The molecule has 25 heavy (non-hydrogen) atoms. The Balaban J connectivity index is 2.03. The number of nitro groups is 1. The van der Waals surface area contributed by atoms with Crippen molar-refractivity contribution < 1.29 is 22.6 Å². The average Bonchev–Trinajstić information content (AvgIpc) is 3.07. The topological polar surface area (TPSA) is 132 Å². The second-order valence-electron chi connectivity index (χ2n) is 5.00. The predicted molar refractivity (Wildman–Crippen MR) is 88.6 cm³/mol. The van der Waals surface area contributed by atoms with Gasteiger partial charge in [0.1, 0.15) is 10.8 Å². The van der Waals surface area contributed by atoms with Crippen LogP contribution in [0.3, 0.4) is 0 Å². The molecule has 0 unspecified atom stereocenters. The fraction of sp³-hybridized carbons (Fsp3) is 0.214. The molecule has 0 spiro atoms. The maximum Gasteiger partial charge on any atom is 0.289 e. The van der Waals surface area contributed by atoms with Crippen molar-refractivity contribution in [2.24, 2.45) is 0 Å². The van der Waals surface area contributed by atoms with Gasteiger partial charge in [-0.1, -0.05) is 11.6 Å². The van der Waals surface area contributed by atoms with E-state index in [2.05, 4.69) is 10.0 Å². The van der Waals surface area contributed by atoms with Crippen molar-refractivity contribution in [1.29, 1.82) is 0 Å². The van der Waals surface area contributed by atoms with E-state index in [1.807, 2.05) is 0 Å². The van der Waals surface area contributed by atoms with E-state index >= 15 is 0 Å². The molecule has 9 nitrogen and oxygen atoms in total. The summed E-state index contributed by atoms with van der Waals surface area (Å²) in [4.78, 5) is 21.5. The number of nitrogens with one attached hydrogen (secondary N) is 2. The second-order valence-corrected chi connectivity index (χ2v) is 7.17. The van der Waals surface area contributed by atoms with Crippen molar-refractivity contribution in [3.63, 3.8) is 0 Å². The van der Waals surface area contributed by atoms with Crippen LogP contribution >= 0.6 is 11.6 Å². The van der Waals surface area contributed by atoms with E-state index < -0.39 is 39.1 Å². The first-order valence-corrected chi connectivity index (χ1v) is 8.83. The Hall–Kier alpha value is -2.43. The van der Waals surface area contributed by atoms with Crippen LogP contribution in [-0.4, -0.2) is 25.8 Å². The minimum Gasteiger partial charge on any atom is -0.467 e. The Morgan fingerprint density at radius 2 is 2.12 bits per heavy atom. The highest BCUT2D eigenvalue weighted by atomic mass is 35.5. The van der Waals surface area contributed by atoms with Crippen molar-refractivity contribution in [3.8, 4) is 0 Å². The van der Waals surface area contributed by atoms with E-state index in [1.165, 1.54) is 6.26 Å². The summed E-state index contributed by atoms with van der Waals surface area (Å²) in [6, 6.07) is 5.93. The van der Waals surface area contributed by atoms with Gasteiger partial charge < -0.3 is 9.73 Å². The van der Waals surface area contributed by atoms with Crippen LogP contribution in [0.5, 0.6) is 0 Å². The zero-order valence-electron chi connectivity index (χ0n) is 12.9. The molecule has 2 N–H and O–H groups in total. The van der Waals surface area contributed by atoms with E-state index in [0.29, 0.717) is 5.76 Å². The van der Waals surface area contributed by atoms with Crippen LogP contribution < -0.4 is 10.0 Å². The van der Waals surface area contributed by atoms with Crippen LogP contribution in [0.4, 0.5) is 5.69 Å². The number of nitro benzene ring substituents is 1. The molecule has 0 radical (unpaired) electrons. The molecule has 0 fully saturated rings. The molecular formula is C14H14ClN3O6S. The second kappa shape index (κ2) is 7.64. The van der Waals surface area contributed by atoms with Gasteiger partial charge in [0.05, 0.1) is 28.7 Å². The minimum atomic E-state index is -4.12. The lowest BCUT2D eigenvalue weighted by molar-refractivity contribution is -0.384. The molecule has 1 heterocycles. The van der Waals surface area contributed by atoms with Crippen LogP contribution in [0.2, 0.25) is 5.02 Å². The SMILES string of the molecule is C[C@@H](NC(=O)CNS(=O)(=O)c1ccc(Cl)c([N+](=O)[O-])c1)c1ccco1. The monoisotopic (exact) mass is 387 g/mol. The van der Waals surface area contributed by atoms with E-state index in [4.69, 9.17) is 16.0 Å². The molecule has 0 aliphatic heterocycles. The van der Waals surface area contributed by atoms with E-state index in [9.17, 15) is 23.3 Å². The highest BCUT2D eigenvalue weighted by Crippen LogP contribution is 2.26. The predicted octanol–water partition coefficient (Wildman–Crippen LogP) is 2.00. The number of nitrogens with zero attached hydrogens (tertiary/aromatic N) is 1. The third kappa shape index (κ3) is 4.78. The van der Waals surface area contributed by atoms with Gasteiger partial charge in [-0.15, -0.1) is 0 Å². The summed E-state index contributed by atoms with van der Waals surface area (Å²) in [5, 5.41) is 13.2. The van der Waals surface area contributed by atoms with Crippen molar-refractivity contribution >= 4 is 33.2 Å². The summed E-state index contributed by atoms with van der Waals surface area (Å²) in [6.07, 6.45) is 1.45. The lowest BCUT2D eigenvalue weighted by Gasteiger charge is -2.12. The van der Waals surface area contributed by atoms with Gasteiger partial charge in [0.2, 0.25) is 15.9 Å². The van der Waals surface area contributed by atoms with Gasteiger partial charge >= 0.3 is 0 Å². The van der Waals surface area contributed by atoms with Crippen molar-refractivity contribution in [1.82, 2.24) is 10.0 Å². The van der Waals surface area contributed by atoms with Crippen LogP contribution in [0.15, 0.2) is 45.9 Å². The Morgan fingerprint density at radius 1 is 1.40 bits per heavy atom. The van der Waals surface area contributed by atoms with Gasteiger partial charge in [-0.3, -0.25) is 14.9 Å². The first-order chi connectivity index (χ1) is 11.7. The molecule has 1 amide bonds. The molecule has 134 valence electrons. The van der Waals surface area contributed by atoms with Gasteiger partial charge in [0, 0.05) is 6.07 Å². The van der Waals surface area contributed by atoms with E-state index in [0.717, 1.165) is 18.2 Å². The Labute approximate surface area is 148 Å². The van der Waals surface area contributed by atoms with Crippen molar-refractivity contribution in [2.45, 2.75) is 17.9 Å². The zero-order valence-corrected chi connectivity index (χ0v) is 14.5. The lowest BCUT2D eigenvalue weighted by atomic mass is 10.2. The Morgan fingerprint density at radius 3 is 2.72 bits per heavy atom. The van der Waals surface area contributed by atoms with Gasteiger partial charge in [0.15, 0.2) is 0 Å². The Kier molecular flexibility index (Phi) is 5.77. The van der Waals surface area contributed by atoms with Gasteiger partial charge in [-0.05, 0) is 31.2 Å². The number of furan rings is 1. The maximum absolute atomic E-state index is 12.2. The van der Waals surface area contributed by atoms with E-state index in [-0.39, 0.29) is 9.92 Å². The summed E-state index contributed by atoms with van der Waals surface area (Å²) < 4.78 is 31.5. The molecule has 0 aliphatic rings. The summed E-state index contributed by atoms with van der Waals surface area (Å²) in [7, 11) is -4.12. The Bertz CT molecular complexity index is 882. The fourth-order valence-electron chi connectivity index (χ4n) is 1.94. The minimum absolute atomic E-state index is 0.186. The van der Waals surface area contributed by atoms with Gasteiger partial charge in [-0.2, -0.15) is 0 Å². The third-order valence-corrected chi connectivity index (χ3v) is 4.91. The number of sulfonamides is 1. The van der Waals surface area contributed by atoms with Gasteiger partial charge in [-0.25, -0.2) is 13.1 Å². The lowest BCUT2D eigenvalue weighted by Crippen LogP contribution is -2.37. The summed E-state index contributed by atoms with van der Waals surface area (Å²) in [5.41, 5.74) is -0.541. The molecule has 0 aliphatic carbocycles. The number of hydrogen-bond donors (Lipinski definition) is 2. The smallest absolute Gasteiger partial charge is 0.289 e. The molecule has 11 heteroatoms. The van der Waals surface area contributed by atoms with Crippen LogP contribution in [0.1, 0.15) is 18.7 Å². The number of benzene rings is 1. The number of rotatable bonds is 7. The summed E-state index contributed by atoms with van der Waals surface area (Å²) in [5.74, 6) is -0.0690. The zero-order chi connectivity index (χ0) is 18.6. The first kappa shape index (κ1) is 18.9.